The second kappa shape index (κ2) is 7.27. The van der Waals surface area contributed by atoms with Gasteiger partial charge in [-0.2, -0.15) is 0 Å². The lowest BCUT2D eigenvalue weighted by atomic mass is 10.2. The molecule has 6 heteroatoms. The molecule has 0 heterocycles. The fourth-order valence-corrected chi connectivity index (χ4v) is 1.21. The molecule has 0 aromatic heterocycles. The van der Waals surface area contributed by atoms with Crippen molar-refractivity contribution in [1.82, 2.24) is 0 Å². The molecule has 0 spiro atoms. The maximum absolute atomic E-state index is 11.4. The molecular formula is C11H13N3O3. The summed E-state index contributed by atoms with van der Waals surface area (Å²) in [4.78, 5) is 14.0. The van der Waals surface area contributed by atoms with Crippen molar-refractivity contribution in [3.05, 3.63) is 40.8 Å². The zero-order chi connectivity index (χ0) is 12.5. The van der Waals surface area contributed by atoms with E-state index in [1.165, 1.54) is 0 Å². The van der Waals surface area contributed by atoms with Crippen LogP contribution in [0.1, 0.15) is 12.8 Å². The normalized spacial score (nSPS) is 11.4. The molecule has 1 rings (SSSR count). The second-order valence-corrected chi connectivity index (χ2v) is 3.37. The van der Waals surface area contributed by atoms with Crippen LogP contribution in [-0.2, 0) is 4.79 Å². The largest absolute Gasteiger partial charge is 0.427 e. The third kappa shape index (κ3) is 5.01. The number of aliphatic hydroxyl groups is 1. The quantitative estimate of drug-likeness (QED) is 0.268. The Balaban J connectivity index is 2.37. The molecule has 1 aromatic carbocycles. The minimum Gasteiger partial charge on any atom is -0.427 e. The molecule has 0 fully saturated rings. The van der Waals surface area contributed by atoms with Crippen LogP contribution >= 0.6 is 0 Å². The van der Waals surface area contributed by atoms with Crippen LogP contribution < -0.4 is 4.74 Å². The summed E-state index contributed by atoms with van der Waals surface area (Å²) in [6, 6.07) is 8.12. The van der Waals surface area contributed by atoms with E-state index in [-0.39, 0.29) is 19.4 Å². The summed E-state index contributed by atoms with van der Waals surface area (Å²) < 4.78 is 5.03. The average Bonchev–Trinajstić information content (AvgIpc) is 2.35. The average molecular weight is 235 g/mol. The van der Waals surface area contributed by atoms with Gasteiger partial charge in [0.2, 0.25) is 0 Å². The molecule has 0 amide bonds. The smallest absolute Gasteiger partial charge is 0.311 e. The molecule has 1 N–H and O–H groups in total. The number of aliphatic hydroxyl groups excluding tert-OH is 1. The molecule has 6 nitrogen and oxygen atoms in total. The number of rotatable bonds is 6. The summed E-state index contributed by atoms with van der Waals surface area (Å²) in [7, 11) is 0. The van der Waals surface area contributed by atoms with Gasteiger partial charge in [0.25, 0.3) is 0 Å². The number of hydrogen-bond acceptors (Lipinski definition) is 4. The van der Waals surface area contributed by atoms with Gasteiger partial charge in [0.15, 0.2) is 0 Å². The maximum Gasteiger partial charge on any atom is 0.311 e. The number of esters is 1. The first-order valence-corrected chi connectivity index (χ1v) is 5.17. The number of carbonyl (C=O) groups is 1. The number of benzene rings is 1. The minimum absolute atomic E-state index is 0.0964. The van der Waals surface area contributed by atoms with Gasteiger partial charge in [-0.25, -0.2) is 0 Å². The molecule has 0 aliphatic rings. The molecule has 0 saturated carbocycles. The van der Waals surface area contributed by atoms with Crippen molar-refractivity contribution in [2.45, 2.75) is 18.9 Å². The van der Waals surface area contributed by atoms with Crippen LogP contribution in [0.25, 0.3) is 10.4 Å². The van der Waals surface area contributed by atoms with E-state index in [2.05, 4.69) is 10.0 Å². The van der Waals surface area contributed by atoms with E-state index in [1.807, 2.05) is 6.07 Å². The third-order valence-corrected chi connectivity index (χ3v) is 2.08. The van der Waals surface area contributed by atoms with Crippen molar-refractivity contribution >= 4 is 5.97 Å². The van der Waals surface area contributed by atoms with Gasteiger partial charge in [-0.1, -0.05) is 23.3 Å². The molecule has 1 aromatic rings. The Labute approximate surface area is 98.5 Å². The molecule has 0 bridgehead atoms. The maximum atomic E-state index is 11.4. The molecule has 0 saturated heterocycles. The van der Waals surface area contributed by atoms with Gasteiger partial charge >= 0.3 is 5.97 Å². The number of hydrogen-bond donors (Lipinski definition) is 1. The van der Waals surface area contributed by atoms with Crippen molar-refractivity contribution in [3.63, 3.8) is 0 Å². The highest BCUT2D eigenvalue weighted by Crippen LogP contribution is 2.11. The van der Waals surface area contributed by atoms with Crippen molar-refractivity contribution in [3.8, 4) is 5.75 Å². The van der Waals surface area contributed by atoms with Crippen LogP contribution in [0.2, 0.25) is 0 Å². The van der Waals surface area contributed by atoms with Gasteiger partial charge in [0, 0.05) is 11.3 Å². The Morgan fingerprint density at radius 1 is 1.47 bits per heavy atom. The Kier molecular flexibility index (Phi) is 5.57. The number of azide groups is 1. The lowest BCUT2D eigenvalue weighted by molar-refractivity contribution is -0.134. The summed E-state index contributed by atoms with van der Waals surface area (Å²) in [6.45, 7) is -0.275. The highest BCUT2D eigenvalue weighted by atomic mass is 16.5. The molecule has 17 heavy (non-hydrogen) atoms. The first-order chi connectivity index (χ1) is 8.26. The van der Waals surface area contributed by atoms with E-state index in [1.54, 1.807) is 24.3 Å². The van der Waals surface area contributed by atoms with Crippen LogP contribution in [0.4, 0.5) is 0 Å². The molecule has 1 atom stereocenters. The number of nitrogens with zero attached hydrogens (tertiary/aromatic N) is 3. The fraction of sp³-hybridized carbons (Fsp3) is 0.364. The van der Waals surface area contributed by atoms with Crippen LogP contribution in [0.15, 0.2) is 35.4 Å². The van der Waals surface area contributed by atoms with Crippen LogP contribution in [-0.4, -0.2) is 23.7 Å². The molecule has 90 valence electrons. The first-order valence-electron chi connectivity index (χ1n) is 5.17. The van der Waals surface area contributed by atoms with Gasteiger partial charge in [-0.3, -0.25) is 4.79 Å². The molecule has 0 aliphatic carbocycles. The Morgan fingerprint density at radius 2 is 2.18 bits per heavy atom. The van der Waals surface area contributed by atoms with Gasteiger partial charge in [-0.15, -0.1) is 0 Å². The Morgan fingerprint density at radius 3 is 2.76 bits per heavy atom. The van der Waals surface area contributed by atoms with Crippen molar-refractivity contribution in [2.75, 3.05) is 6.61 Å². The molecular weight excluding hydrogens is 222 g/mol. The minimum atomic E-state index is -0.580. The summed E-state index contributed by atoms with van der Waals surface area (Å²) in [6.07, 6.45) is 0.366. The standard InChI is InChI=1S/C11H13N3O3/c12-14-13-9(8-15)6-7-11(16)17-10-4-2-1-3-5-10/h1-5,9,15H,6-8H2. The summed E-state index contributed by atoms with van der Waals surface area (Å²) in [5.74, 6) is 0.0598. The first kappa shape index (κ1) is 13.0. The summed E-state index contributed by atoms with van der Waals surface area (Å²) >= 11 is 0. The number of carbonyl (C=O) groups excluding carboxylic acids is 1. The van der Waals surface area contributed by atoms with Crippen molar-refractivity contribution in [2.24, 2.45) is 5.11 Å². The van der Waals surface area contributed by atoms with E-state index in [9.17, 15) is 4.79 Å². The monoisotopic (exact) mass is 235 g/mol. The van der Waals surface area contributed by atoms with Crippen molar-refractivity contribution < 1.29 is 14.6 Å². The summed E-state index contributed by atoms with van der Waals surface area (Å²) in [5.41, 5.74) is 8.20. The van der Waals surface area contributed by atoms with Gasteiger partial charge in [-0.05, 0) is 24.1 Å². The third-order valence-electron chi connectivity index (χ3n) is 2.08. The van der Waals surface area contributed by atoms with E-state index in [0.717, 1.165) is 0 Å². The van der Waals surface area contributed by atoms with E-state index in [4.69, 9.17) is 15.4 Å². The van der Waals surface area contributed by atoms with E-state index >= 15 is 0 Å². The molecule has 1 unspecified atom stereocenters. The number of para-hydroxylation sites is 1. The second-order valence-electron chi connectivity index (χ2n) is 3.37. The lowest BCUT2D eigenvalue weighted by Crippen LogP contribution is -2.14. The van der Waals surface area contributed by atoms with E-state index < -0.39 is 12.0 Å². The Hall–Kier alpha value is -2.04. The van der Waals surface area contributed by atoms with Crippen molar-refractivity contribution in [1.29, 1.82) is 0 Å². The molecule has 0 radical (unpaired) electrons. The predicted molar refractivity (Wildman–Crippen MR) is 61.3 cm³/mol. The van der Waals surface area contributed by atoms with Gasteiger partial charge in [0.05, 0.1) is 12.6 Å². The SMILES string of the molecule is [N-]=[N+]=NC(CO)CCC(=O)Oc1ccccc1. The zero-order valence-electron chi connectivity index (χ0n) is 9.19. The van der Waals surface area contributed by atoms with Crippen LogP contribution in [0, 0.1) is 0 Å². The van der Waals surface area contributed by atoms with E-state index in [0.29, 0.717) is 5.75 Å². The number of ether oxygens (including phenoxy) is 1. The summed E-state index contributed by atoms with van der Waals surface area (Å²) in [5, 5.41) is 12.2. The predicted octanol–water partition coefficient (Wildman–Crippen LogP) is 2.04. The lowest BCUT2D eigenvalue weighted by Gasteiger charge is -2.07. The van der Waals surface area contributed by atoms with Crippen LogP contribution in [0.3, 0.4) is 0 Å². The topological polar surface area (TPSA) is 95.3 Å². The van der Waals surface area contributed by atoms with Gasteiger partial charge < -0.3 is 9.84 Å². The highest BCUT2D eigenvalue weighted by molar-refractivity contribution is 5.72. The van der Waals surface area contributed by atoms with Crippen LogP contribution in [0.5, 0.6) is 5.75 Å². The fourth-order valence-electron chi connectivity index (χ4n) is 1.21. The van der Waals surface area contributed by atoms with Gasteiger partial charge in [0.1, 0.15) is 5.75 Å². The highest BCUT2D eigenvalue weighted by Gasteiger charge is 2.10. The zero-order valence-corrected chi connectivity index (χ0v) is 9.19. The molecule has 0 aliphatic heterocycles. The Bertz CT molecular complexity index is 402.